The van der Waals surface area contributed by atoms with E-state index in [0.717, 1.165) is 11.3 Å². The van der Waals surface area contributed by atoms with Crippen molar-refractivity contribution in [2.45, 2.75) is 27.7 Å². The summed E-state index contributed by atoms with van der Waals surface area (Å²) in [6, 6.07) is 3.52. The summed E-state index contributed by atoms with van der Waals surface area (Å²) >= 11 is 0. The van der Waals surface area contributed by atoms with Crippen molar-refractivity contribution in [1.82, 2.24) is 15.0 Å². The summed E-state index contributed by atoms with van der Waals surface area (Å²) in [4.78, 5) is 30.0. The van der Waals surface area contributed by atoms with E-state index in [1.165, 1.54) is 4.90 Å². The zero-order chi connectivity index (χ0) is 19.9. The van der Waals surface area contributed by atoms with Gasteiger partial charge in [0.25, 0.3) is 11.6 Å². The highest BCUT2D eigenvalue weighted by Crippen LogP contribution is 2.31. The number of carbonyl (C=O) groups is 2. The van der Waals surface area contributed by atoms with Crippen molar-refractivity contribution in [3.63, 3.8) is 0 Å². The Morgan fingerprint density at radius 1 is 1.26 bits per heavy atom. The molecule has 0 aliphatic carbocycles. The number of hydrogen-bond acceptors (Lipinski definition) is 6. The molecule has 0 aliphatic heterocycles. The molecule has 3 rings (SSSR count). The number of aromatic nitrogens is 2. The van der Waals surface area contributed by atoms with Crippen LogP contribution in [0.2, 0.25) is 0 Å². The third kappa shape index (κ3) is 3.42. The molecule has 0 bridgehead atoms. The molecule has 0 radical (unpaired) electrons. The van der Waals surface area contributed by atoms with Gasteiger partial charge in [0.2, 0.25) is 0 Å². The number of aryl methyl sites for hydroxylation is 3. The van der Waals surface area contributed by atoms with Crippen LogP contribution in [-0.4, -0.2) is 45.6 Å². The Kier molecular flexibility index (Phi) is 4.73. The molecule has 0 aromatic carbocycles. The van der Waals surface area contributed by atoms with Crippen LogP contribution in [0.4, 0.5) is 0 Å². The van der Waals surface area contributed by atoms with Crippen LogP contribution in [0.25, 0.3) is 22.4 Å². The lowest BCUT2D eigenvalue weighted by atomic mass is 10.0. The maximum absolute atomic E-state index is 13.1. The zero-order valence-electron chi connectivity index (χ0n) is 15.9. The van der Waals surface area contributed by atoms with Crippen molar-refractivity contribution in [2.75, 3.05) is 13.6 Å². The number of carbonyl (C=O) groups excluding carboxylic acids is 1. The molecule has 0 fully saturated rings. The van der Waals surface area contributed by atoms with E-state index in [1.807, 2.05) is 19.9 Å². The summed E-state index contributed by atoms with van der Waals surface area (Å²) in [6.07, 6.45) is 0. The van der Waals surface area contributed by atoms with Crippen molar-refractivity contribution in [2.24, 2.45) is 5.92 Å². The second-order valence-electron chi connectivity index (χ2n) is 6.76. The molecular weight excluding hydrogens is 350 g/mol. The van der Waals surface area contributed by atoms with E-state index in [0.29, 0.717) is 28.1 Å². The molecule has 8 nitrogen and oxygen atoms in total. The van der Waals surface area contributed by atoms with Crippen LogP contribution < -0.4 is 0 Å². The van der Waals surface area contributed by atoms with E-state index in [9.17, 15) is 9.59 Å². The molecule has 3 aromatic heterocycles. The maximum atomic E-state index is 13.1. The van der Waals surface area contributed by atoms with Gasteiger partial charge in [-0.05, 0) is 32.9 Å². The molecule has 3 heterocycles. The fourth-order valence-electron chi connectivity index (χ4n) is 3.06. The molecule has 1 amide bonds. The quantitative estimate of drug-likeness (QED) is 0.733. The fraction of sp³-hybridized carbons (Fsp3) is 0.368. The molecule has 0 spiro atoms. The van der Waals surface area contributed by atoms with Crippen molar-refractivity contribution in [1.29, 1.82) is 0 Å². The normalized spacial score (nSPS) is 12.3. The summed E-state index contributed by atoms with van der Waals surface area (Å²) in [5, 5.41) is 13.6. The van der Waals surface area contributed by atoms with Gasteiger partial charge in [-0.2, -0.15) is 0 Å². The highest BCUT2D eigenvalue weighted by Gasteiger charge is 2.25. The van der Waals surface area contributed by atoms with E-state index in [1.54, 1.807) is 27.0 Å². The molecule has 142 valence electrons. The number of aliphatic carboxylic acids is 1. The average molecular weight is 371 g/mol. The average Bonchev–Trinajstić information content (AvgIpc) is 3.15. The van der Waals surface area contributed by atoms with Gasteiger partial charge < -0.3 is 18.9 Å². The van der Waals surface area contributed by atoms with Gasteiger partial charge in [-0.3, -0.25) is 9.59 Å². The largest absolute Gasteiger partial charge is 0.481 e. The summed E-state index contributed by atoms with van der Waals surface area (Å²) < 4.78 is 10.9. The van der Waals surface area contributed by atoms with Gasteiger partial charge in [0.05, 0.1) is 28.3 Å². The van der Waals surface area contributed by atoms with E-state index < -0.39 is 11.9 Å². The predicted molar refractivity (Wildman–Crippen MR) is 97.5 cm³/mol. The van der Waals surface area contributed by atoms with Crippen LogP contribution in [0.1, 0.15) is 34.5 Å². The van der Waals surface area contributed by atoms with Gasteiger partial charge >= 0.3 is 5.97 Å². The Bertz CT molecular complexity index is 1030. The molecule has 8 heteroatoms. The number of hydrogen-bond donors (Lipinski definition) is 1. The number of rotatable bonds is 5. The van der Waals surface area contributed by atoms with Gasteiger partial charge in [0.15, 0.2) is 0 Å². The maximum Gasteiger partial charge on any atom is 0.308 e. The van der Waals surface area contributed by atoms with Crippen LogP contribution in [0.3, 0.4) is 0 Å². The molecule has 0 saturated carbocycles. The number of furan rings is 1. The summed E-state index contributed by atoms with van der Waals surface area (Å²) in [5.74, 6) is -0.542. The lowest BCUT2D eigenvalue weighted by Gasteiger charge is -2.20. The highest BCUT2D eigenvalue weighted by atomic mass is 16.5. The number of fused-ring (bicyclic) bond motifs is 1. The Morgan fingerprint density at radius 3 is 2.56 bits per heavy atom. The second-order valence-corrected chi connectivity index (χ2v) is 6.76. The van der Waals surface area contributed by atoms with Crippen LogP contribution in [0.15, 0.2) is 21.1 Å². The molecule has 27 heavy (non-hydrogen) atoms. The van der Waals surface area contributed by atoms with Crippen molar-refractivity contribution in [3.05, 3.63) is 34.9 Å². The van der Waals surface area contributed by atoms with Crippen molar-refractivity contribution >= 4 is 23.0 Å². The Balaban J connectivity index is 2.10. The lowest BCUT2D eigenvalue weighted by molar-refractivity contribution is -0.141. The third-order valence-corrected chi connectivity index (χ3v) is 4.48. The predicted octanol–water partition coefficient (Wildman–Crippen LogP) is 3.20. The number of amides is 1. The summed E-state index contributed by atoms with van der Waals surface area (Å²) in [5.41, 5.74) is 2.47. The Labute approximate surface area is 155 Å². The number of carboxylic acids is 1. The smallest absolute Gasteiger partial charge is 0.308 e. The molecule has 1 N–H and O–H groups in total. The Morgan fingerprint density at radius 2 is 1.96 bits per heavy atom. The summed E-state index contributed by atoms with van der Waals surface area (Å²) in [6.45, 7) is 7.03. The monoisotopic (exact) mass is 371 g/mol. The first-order valence-corrected chi connectivity index (χ1v) is 8.51. The van der Waals surface area contributed by atoms with Crippen molar-refractivity contribution < 1.29 is 23.6 Å². The number of carboxylic acid groups (broad SMARTS) is 1. The van der Waals surface area contributed by atoms with E-state index >= 15 is 0 Å². The van der Waals surface area contributed by atoms with Gasteiger partial charge in [0, 0.05) is 19.2 Å². The van der Waals surface area contributed by atoms with E-state index in [4.69, 9.17) is 14.0 Å². The molecule has 0 aliphatic rings. The molecular formula is C19H21N3O5. The van der Waals surface area contributed by atoms with Crippen LogP contribution in [0.5, 0.6) is 0 Å². The van der Waals surface area contributed by atoms with Crippen LogP contribution >= 0.6 is 0 Å². The minimum absolute atomic E-state index is 0.0848. The van der Waals surface area contributed by atoms with Gasteiger partial charge in [-0.1, -0.05) is 12.1 Å². The first-order valence-electron chi connectivity index (χ1n) is 8.51. The molecule has 1 atom stereocenters. The van der Waals surface area contributed by atoms with Gasteiger partial charge in [0.1, 0.15) is 11.5 Å². The minimum Gasteiger partial charge on any atom is -0.481 e. The van der Waals surface area contributed by atoms with Gasteiger partial charge in [-0.25, -0.2) is 4.98 Å². The lowest BCUT2D eigenvalue weighted by Crippen LogP contribution is -2.33. The van der Waals surface area contributed by atoms with Crippen LogP contribution in [-0.2, 0) is 4.79 Å². The molecule has 0 saturated heterocycles. The van der Waals surface area contributed by atoms with E-state index in [-0.39, 0.29) is 18.2 Å². The zero-order valence-corrected chi connectivity index (χ0v) is 15.9. The standard InChI is InChI=1S/C19H21N3O5/c1-9(19(24)25)8-22(5)18(23)14-7-15(13-6-10(2)26-12(13)4)20-17-16(14)11(3)21-27-17/h6-7,9H,8H2,1-5H3,(H,24,25). The summed E-state index contributed by atoms with van der Waals surface area (Å²) in [7, 11) is 1.57. The van der Waals surface area contributed by atoms with E-state index in [2.05, 4.69) is 10.1 Å². The van der Waals surface area contributed by atoms with Crippen molar-refractivity contribution in [3.8, 4) is 11.3 Å². The highest BCUT2D eigenvalue weighted by molar-refractivity contribution is 6.07. The molecule has 3 aromatic rings. The SMILES string of the molecule is Cc1cc(-c2cc(C(=O)N(C)CC(C)C(=O)O)c3c(C)noc3n2)c(C)o1. The van der Waals surface area contributed by atoms with Gasteiger partial charge in [-0.15, -0.1) is 0 Å². The first-order chi connectivity index (χ1) is 12.7. The number of pyridine rings is 1. The Hall–Kier alpha value is -3.16. The number of nitrogens with zero attached hydrogens (tertiary/aromatic N) is 3. The fourth-order valence-corrected chi connectivity index (χ4v) is 3.06. The molecule has 1 unspecified atom stereocenters. The minimum atomic E-state index is -0.958. The van der Waals surface area contributed by atoms with Crippen LogP contribution in [0, 0.1) is 26.7 Å². The first kappa shape index (κ1) is 18.6. The third-order valence-electron chi connectivity index (χ3n) is 4.48. The topological polar surface area (TPSA) is 110 Å². The second kappa shape index (κ2) is 6.86.